The summed E-state index contributed by atoms with van der Waals surface area (Å²) in [6.45, 7) is 2.03. The minimum atomic E-state index is -0.472. The number of carbonyl (C=O) groups excluding carboxylic acids is 1. The lowest BCUT2D eigenvalue weighted by molar-refractivity contribution is -0.384. The van der Waals surface area contributed by atoms with Gasteiger partial charge in [0.15, 0.2) is 0 Å². The predicted octanol–water partition coefficient (Wildman–Crippen LogP) is 5.48. The summed E-state index contributed by atoms with van der Waals surface area (Å²) in [5, 5.41) is 11.5. The van der Waals surface area contributed by atoms with Gasteiger partial charge in [-0.2, -0.15) is 0 Å². The number of hydrogen-bond donors (Lipinski definition) is 0. The van der Waals surface area contributed by atoms with E-state index in [4.69, 9.17) is 9.72 Å². The second kappa shape index (κ2) is 8.13. The van der Waals surface area contributed by atoms with Crippen molar-refractivity contribution in [2.45, 2.75) is 13.5 Å². The van der Waals surface area contributed by atoms with Gasteiger partial charge < -0.3 is 4.74 Å². The first kappa shape index (κ1) is 19.3. The molecule has 1 aromatic heterocycles. The zero-order chi connectivity index (χ0) is 21.1. The van der Waals surface area contributed by atoms with E-state index in [1.165, 1.54) is 12.1 Å². The van der Waals surface area contributed by atoms with Gasteiger partial charge in [0.2, 0.25) is 0 Å². The van der Waals surface area contributed by atoms with Crippen LogP contribution in [-0.2, 0) is 11.3 Å². The molecule has 0 spiro atoms. The molecule has 1 heterocycles. The third-order valence-corrected chi connectivity index (χ3v) is 4.80. The van der Waals surface area contributed by atoms with E-state index < -0.39 is 10.9 Å². The van der Waals surface area contributed by atoms with Gasteiger partial charge in [0.1, 0.15) is 6.61 Å². The van der Waals surface area contributed by atoms with Crippen LogP contribution in [0.1, 0.15) is 21.5 Å². The molecule has 0 unspecified atom stereocenters. The number of pyridine rings is 1. The number of nitro groups is 1. The molecule has 0 aliphatic carbocycles. The highest BCUT2D eigenvalue weighted by Crippen LogP contribution is 2.26. The number of esters is 1. The number of nitro benzene ring substituents is 1. The number of para-hydroxylation sites is 1. The summed E-state index contributed by atoms with van der Waals surface area (Å²) in [6.07, 6.45) is 0. The van der Waals surface area contributed by atoms with Crippen molar-refractivity contribution in [3.05, 3.63) is 106 Å². The van der Waals surface area contributed by atoms with Crippen LogP contribution in [0.15, 0.2) is 78.9 Å². The van der Waals surface area contributed by atoms with Crippen LogP contribution in [0.4, 0.5) is 5.69 Å². The van der Waals surface area contributed by atoms with E-state index in [0.717, 1.165) is 11.1 Å². The van der Waals surface area contributed by atoms with Gasteiger partial charge in [-0.05, 0) is 36.8 Å². The summed E-state index contributed by atoms with van der Waals surface area (Å²) in [5.41, 5.74) is 4.55. The number of non-ortho nitro benzene ring substituents is 1. The van der Waals surface area contributed by atoms with Crippen molar-refractivity contribution in [2.75, 3.05) is 0 Å². The molecule has 0 saturated heterocycles. The van der Waals surface area contributed by atoms with Crippen molar-refractivity contribution >= 4 is 22.6 Å². The molecule has 0 atom stereocenters. The minimum absolute atomic E-state index is 0.00653. The van der Waals surface area contributed by atoms with Gasteiger partial charge in [-0.3, -0.25) is 10.1 Å². The van der Waals surface area contributed by atoms with Crippen LogP contribution in [0.2, 0.25) is 0 Å². The molecule has 4 aromatic rings. The van der Waals surface area contributed by atoms with E-state index >= 15 is 0 Å². The molecule has 0 fully saturated rings. The smallest absolute Gasteiger partial charge is 0.339 e. The fourth-order valence-electron chi connectivity index (χ4n) is 3.16. The second-order valence-electron chi connectivity index (χ2n) is 6.94. The van der Waals surface area contributed by atoms with Crippen LogP contribution in [-0.4, -0.2) is 15.9 Å². The van der Waals surface area contributed by atoms with Crippen molar-refractivity contribution in [3.8, 4) is 11.3 Å². The number of rotatable bonds is 5. The van der Waals surface area contributed by atoms with Gasteiger partial charge in [-0.1, -0.05) is 48.0 Å². The number of aromatic nitrogens is 1. The van der Waals surface area contributed by atoms with E-state index in [2.05, 4.69) is 0 Å². The summed E-state index contributed by atoms with van der Waals surface area (Å²) >= 11 is 0. The normalized spacial score (nSPS) is 10.7. The first-order valence-corrected chi connectivity index (χ1v) is 9.38. The molecule has 0 radical (unpaired) electrons. The van der Waals surface area contributed by atoms with Crippen LogP contribution < -0.4 is 0 Å². The fraction of sp³-hybridized carbons (Fsp3) is 0.0833. The Bertz CT molecular complexity index is 1230. The van der Waals surface area contributed by atoms with Gasteiger partial charge in [-0.25, -0.2) is 9.78 Å². The van der Waals surface area contributed by atoms with Crippen molar-refractivity contribution < 1.29 is 14.5 Å². The van der Waals surface area contributed by atoms with Crippen molar-refractivity contribution in [1.82, 2.24) is 4.98 Å². The van der Waals surface area contributed by atoms with E-state index in [1.807, 2.05) is 55.5 Å². The molecule has 0 aliphatic rings. The highest BCUT2D eigenvalue weighted by atomic mass is 16.6. The van der Waals surface area contributed by atoms with Gasteiger partial charge in [0.25, 0.3) is 5.69 Å². The Kier molecular flexibility index (Phi) is 5.22. The zero-order valence-corrected chi connectivity index (χ0v) is 16.2. The van der Waals surface area contributed by atoms with Crippen molar-refractivity contribution in [3.63, 3.8) is 0 Å². The summed E-state index contributed by atoms with van der Waals surface area (Å²) in [4.78, 5) is 27.9. The van der Waals surface area contributed by atoms with Crippen molar-refractivity contribution in [2.24, 2.45) is 0 Å². The lowest BCUT2D eigenvalue weighted by Crippen LogP contribution is -2.07. The Hall–Kier alpha value is -4.06. The van der Waals surface area contributed by atoms with Crippen LogP contribution in [0, 0.1) is 17.0 Å². The summed E-state index contributed by atoms with van der Waals surface area (Å²) in [6, 6.07) is 23.0. The number of aryl methyl sites for hydroxylation is 1. The largest absolute Gasteiger partial charge is 0.457 e. The molecule has 148 valence electrons. The average Bonchev–Trinajstić information content (AvgIpc) is 2.77. The van der Waals surface area contributed by atoms with E-state index in [-0.39, 0.29) is 12.3 Å². The first-order valence-electron chi connectivity index (χ1n) is 9.38. The molecular weight excluding hydrogens is 380 g/mol. The van der Waals surface area contributed by atoms with Gasteiger partial charge >= 0.3 is 5.97 Å². The van der Waals surface area contributed by atoms with E-state index in [0.29, 0.717) is 27.7 Å². The summed E-state index contributed by atoms with van der Waals surface area (Å²) in [7, 11) is 0. The number of nitrogens with zero attached hydrogens (tertiary/aromatic N) is 2. The maximum absolute atomic E-state index is 12.9. The zero-order valence-electron chi connectivity index (χ0n) is 16.2. The number of ether oxygens (including phenoxy) is 1. The van der Waals surface area contributed by atoms with Gasteiger partial charge in [-0.15, -0.1) is 0 Å². The molecule has 0 saturated carbocycles. The monoisotopic (exact) mass is 398 g/mol. The van der Waals surface area contributed by atoms with Crippen LogP contribution >= 0.6 is 0 Å². The van der Waals surface area contributed by atoms with Crippen LogP contribution in [0.3, 0.4) is 0 Å². The Morgan fingerprint density at radius 2 is 1.70 bits per heavy atom. The van der Waals surface area contributed by atoms with E-state index in [9.17, 15) is 14.9 Å². The highest BCUT2D eigenvalue weighted by Gasteiger charge is 2.15. The van der Waals surface area contributed by atoms with Crippen LogP contribution in [0.5, 0.6) is 0 Å². The minimum Gasteiger partial charge on any atom is -0.457 e. The lowest BCUT2D eigenvalue weighted by Gasteiger charge is -2.10. The molecule has 0 amide bonds. The molecule has 6 nitrogen and oxygen atoms in total. The Labute approximate surface area is 172 Å². The first-order chi connectivity index (χ1) is 14.5. The third-order valence-electron chi connectivity index (χ3n) is 4.80. The SMILES string of the molecule is Cc1ccc(-c2cc(C(=O)OCc3ccc([N+](=O)[O-])cc3)c3ccccc3n2)cc1. The Morgan fingerprint density at radius 3 is 2.40 bits per heavy atom. The number of fused-ring (bicyclic) bond motifs is 1. The standard InChI is InChI=1S/C24H18N2O4/c1-16-6-10-18(11-7-16)23-14-21(20-4-2-3-5-22(20)25-23)24(27)30-15-17-8-12-19(13-9-17)26(28)29/h2-14H,15H2,1H3. The molecule has 0 N–H and O–H groups in total. The van der Waals surface area contributed by atoms with Crippen LogP contribution in [0.25, 0.3) is 22.2 Å². The molecule has 0 bridgehead atoms. The predicted molar refractivity (Wildman–Crippen MR) is 114 cm³/mol. The number of carbonyl (C=O) groups is 1. The molecular formula is C24H18N2O4. The number of hydrogen-bond acceptors (Lipinski definition) is 5. The average molecular weight is 398 g/mol. The topological polar surface area (TPSA) is 82.3 Å². The number of benzene rings is 3. The lowest BCUT2D eigenvalue weighted by atomic mass is 10.0. The van der Waals surface area contributed by atoms with Crippen molar-refractivity contribution in [1.29, 1.82) is 0 Å². The maximum Gasteiger partial charge on any atom is 0.339 e. The Balaban J connectivity index is 1.64. The molecule has 0 aliphatic heterocycles. The molecule has 6 heteroatoms. The molecule has 4 rings (SSSR count). The maximum atomic E-state index is 12.9. The van der Waals surface area contributed by atoms with Gasteiger partial charge in [0.05, 0.1) is 21.7 Å². The molecule has 30 heavy (non-hydrogen) atoms. The fourth-order valence-corrected chi connectivity index (χ4v) is 3.16. The quantitative estimate of drug-likeness (QED) is 0.253. The van der Waals surface area contributed by atoms with Gasteiger partial charge in [0, 0.05) is 23.1 Å². The summed E-state index contributed by atoms with van der Waals surface area (Å²) < 4.78 is 5.50. The second-order valence-corrected chi connectivity index (χ2v) is 6.94. The summed E-state index contributed by atoms with van der Waals surface area (Å²) in [5.74, 6) is -0.472. The Morgan fingerprint density at radius 1 is 1.00 bits per heavy atom. The highest BCUT2D eigenvalue weighted by molar-refractivity contribution is 6.04. The third kappa shape index (κ3) is 4.03. The molecule has 3 aromatic carbocycles. The van der Waals surface area contributed by atoms with E-state index in [1.54, 1.807) is 18.2 Å².